The van der Waals surface area contributed by atoms with E-state index in [1.807, 2.05) is 6.92 Å². The van der Waals surface area contributed by atoms with Crippen LogP contribution in [0, 0.1) is 0 Å². The zero-order valence-corrected chi connectivity index (χ0v) is 8.40. The summed E-state index contributed by atoms with van der Waals surface area (Å²) in [7, 11) is 0. The van der Waals surface area contributed by atoms with Gasteiger partial charge in [0.25, 0.3) is 0 Å². The second-order valence-corrected chi connectivity index (χ2v) is 3.15. The van der Waals surface area contributed by atoms with Gasteiger partial charge in [-0.25, -0.2) is 4.79 Å². The molecule has 5 heteroatoms. The fraction of sp³-hybridized carbons (Fsp3) is 0.778. The third-order valence-corrected chi connectivity index (χ3v) is 1.65. The predicted octanol–water partition coefficient (Wildman–Crippen LogP) is 0.554. The molecule has 0 rings (SSSR count). The molecule has 0 aromatic heterocycles. The number of esters is 1. The van der Waals surface area contributed by atoms with Crippen molar-refractivity contribution >= 4 is 11.9 Å². The molecule has 0 saturated heterocycles. The Balaban J connectivity index is 3.88. The van der Waals surface area contributed by atoms with Gasteiger partial charge >= 0.3 is 11.9 Å². The highest BCUT2D eigenvalue weighted by Gasteiger charge is 2.21. The van der Waals surface area contributed by atoms with Crippen molar-refractivity contribution in [2.45, 2.75) is 45.3 Å². The Morgan fingerprint density at radius 3 is 2.43 bits per heavy atom. The van der Waals surface area contributed by atoms with E-state index in [9.17, 15) is 9.59 Å². The molecule has 0 aliphatic rings. The van der Waals surface area contributed by atoms with Crippen LogP contribution in [-0.2, 0) is 14.3 Å². The molecule has 0 aromatic carbocycles. The monoisotopic (exact) mass is 204 g/mol. The van der Waals surface area contributed by atoms with Crippen LogP contribution in [0.1, 0.15) is 33.1 Å². The highest BCUT2D eigenvalue weighted by atomic mass is 16.6. The van der Waals surface area contributed by atoms with Crippen LogP contribution in [0.2, 0.25) is 0 Å². The molecule has 0 heterocycles. The number of hydrogen-bond acceptors (Lipinski definition) is 4. The number of aliphatic carboxylic acids is 1. The first-order chi connectivity index (χ1) is 6.47. The summed E-state index contributed by atoms with van der Waals surface area (Å²) in [5, 5.41) is 17.4. The SMILES string of the molecule is CCCC(C)OC(=O)C(O)CC(=O)O. The van der Waals surface area contributed by atoms with E-state index in [1.54, 1.807) is 6.92 Å². The Morgan fingerprint density at radius 1 is 1.43 bits per heavy atom. The van der Waals surface area contributed by atoms with Gasteiger partial charge in [0.05, 0.1) is 12.5 Å². The number of carbonyl (C=O) groups excluding carboxylic acids is 1. The predicted molar refractivity (Wildman–Crippen MR) is 48.7 cm³/mol. The average Bonchev–Trinajstić information content (AvgIpc) is 2.02. The summed E-state index contributed by atoms with van der Waals surface area (Å²) in [5.41, 5.74) is 0. The fourth-order valence-electron chi connectivity index (χ4n) is 0.991. The lowest BCUT2D eigenvalue weighted by Gasteiger charge is -2.14. The Hall–Kier alpha value is -1.10. The lowest BCUT2D eigenvalue weighted by molar-refractivity contribution is -0.162. The smallest absolute Gasteiger partial charge is 0.335 e. The van der Waals surface area contributed by atoms with Crippen LogP contribution in [0.3, 0.4) is 0 Å². The fourth-order valence-corrected chi connectivity index (χ4v) is 0.991. The minimum atomic E-state index is -1.56. The number of carboxylic acids is 1. The van der Waals surface area contributed by atoms with Gasteiger partial charge in [0, 0.05) is 0 Å². The van der Waals surface area contributed by atoms with Crippen molar-refractivity contribution in [2.24, 2.45) is 0 Å². The third kappa shape index (κ3) is 5.53. The molecule has 14 heavy (non-hydrogen) atoms. The summed E-state index contributed by atoms with van der Waals surface area (Å²) >= 11 is 0. The van der Waals surface area contributed by atoms with Crippen LogP contribution >= 0.6 is 0 Å². The van der Waals surface area contributed by atoms with Crippen LogP contribution in [-0.4, -0.2) is 34.4 Å². The molecule has 5 nitrogen and oxygen atoms in total. The van der Waals surface area contributed by atoms with Crippen molar-refractivity contribution in [1.82, 2.24) is 0 Å². The summed E-state index contributed by atoms with van der Waals surface area (Å²) < 4.78 is 4.80. The molecule has 82 valence electrons. The van der Waals surface area contributed by atoms with Gasteiger partial charge in [-0.1, -0.05) is 13.3 Å². The van der Waals surface area contributed by atoms with Gasteiger partial charge in [-0.05, 0) is 13.3 Å². The Bertz CT molecular complexity index is 201. The van der Waals surface area contributed by atoms with Gasteiger partial charge in [0.15, 0.2) is 6.10 Å². The Kier molecular flexibility index (Phi) is 5.87. The minimum Gasteiger partial charge on any atom is -0.481 e. The van der Waals surface area contributed by atoms with Crippen molar-refractivity contribution in [3.05, 3.63) is 0 Å². The summed E-state index contributed by atoms with van der Waals surface area (Å²) in [6.45, 7) is 3.65. The maximum absolute atomic E-state index is 11.0. The van der Waals surface area contributed by atoms with E-state index in [0.717, 1.165) is 6.42 Å². The second kappa shape index (κ2) is 6.37. The highest BCUT2D eigenvalue weighted by Crippen LogP contribution is 2.04. The first-order valence-corrected chi connectivity index (χ1v) is 4.57. The largest absolute Gasteiger partial charge is 0.481 e. The van der Waals surface area contributed by atoms with E-state index < -0.39 is 24.5 Å². The maximum Gasteiger partial charge on any atom is 0.335 e. The van der Waals surface area contributed by atoms with Crippen molar-refractivity contribution < 1.29 is 24.5 Å². The summed E-state index contributed by atoms with van der Waals surface area (Å²) in [5.74, 6) is -2.09. The van der Waals surface area contributed by atoms with Gasteiger partial charge in [0.2, 0.25) is 0 Å². The van der Waals surface area contributed by atoms with Crippen molar-refractivity contribution in [1.29, 1.82) is 0 Å². The van der Waals surface area contributed by atoms with Crippen molar-refractivity contribution in [3.63, 3.8) is 0 Å². The lowest BCUT2D eigenvalue weighted by Crippen LogP contribution is -2.28. The summed E-state index contributed by atoms with van der Waals surface area (Å²) in [6.07, 6.45) is -0.894. The van der Waals surface area contributed by atoms with Gasteiger partial charge in [-0.15, -0.1) is 0 Å². The Morgan fingerprint density at radius 2 is 2.00 bits per heavy atom. The van der Waals surface area contributed by atoms with Gasteiger partial charge in [0.1, 0.15) is 0 Å². The van der Waals surface area contributed by atoms with E-state index in [2.05, 4.69) is 0 Å². The normalized spacial score (nSPS) is 14.5. The van der Waals surface area contributed by atoms with Gasteiger partial charge in [-0.2, -0.15) is 0 Å². The number of rotatable bonds is 6. The minimum absolute atomic E-state index is 0.282. The molecule has 0 radical (unpaired) electrons. The zero-order chi connectivity index (χ0) is 11.1. The first kappa shape index (κ1) is 12.9. The molecule has 0 amide bonds. The zero-order valence-electron chi connectivity index (χ0n) is 8.40. The molecule has 0 fully saturated rings. The quantitative estimate of drug-likeness (QED) is 0.617. The van der Waals surface area contributed by atoms with Crippen LogP contribution in [0.4, 0.5) is 0 Å². The van der Waals surface area contributed by atoms with Gasteiger partial charge < -0.3 is 14.9 Å². The van der Waals surface area contributed by atoms with E-state index in [0.29, 0.717) is 6.42 Å². The van der Waals surface area contributed by atoms with Crippen molar-refractivity contribution in [3.8, 4) is 0 Å². The molecule has 0 bridgehead atoms. The third-order valence-electron chi connectivity index (χ3n) is 1.65. The second-order valence-electron chi connectivity index (χ2n) is 3.15. The van der Waals surface area contributed by atoms with Crippen LogP contribution in [0.5, 0.6) is 0 Å². The molecule has 2 N–H and O–H groups in total. The number of carboxylic acid groups (broad SMARTS) is 1. The summed E-state index contributed by atoms with van der Waals surface area (Å²) in [4.78, 5) is 21.2. The van der Waals surface area contributed by atoms with Gasteiger partial charge in [-0.3, -0.25) is 4.79 Å². The molecular weight excluding hydrogens is 188 g/mol. The molecular formula is C9H16O5. The maximum atomic E-state index is 11.0. The van der Waals surface area contributed by atoms with Crippen LogP contribution in [0.15, 0.2) is 0 Å². The standard InChI is InChI=1S/C9H16O5/c1-3-4-6(2)14-9(13)7(10)5-8(11)12/h6-7,10H,3-5H2,1-2H3,(H,11,12). The van der Waals surface area contributed by atoms with E-state index in [-0.39, 0.29) is 6.10 Å². The van der Waals surface area contributed by atoms with E-state index in [1.165, 1.54) is 0 Å². The first-order valence-electron chi connectivity index (χ1n) is 4.57. The average molecular weight is 204 g/mol. The van der Waals surface area contributed by atoms with Crippen LogP contribution in [0.25, 0.3) is 0 Å². The molecule has 2 atom stereocenters. The molecule has 0 aromatic rings. The lowest BCUT2D eigenvalue weighted by atomic mass is 10.2. The molecule has 0 spiro atoms. The summed E-state index contributed by atoms with van der Waals surface area (Å²) in [6, 6.07) is 0. The molecule has 2 unspecified atom stereocenters. The van der Waals surface area contributed by atoms with Crippen molar-refractivity contribution in [2.75, 3.05) is 0 Å². The number of carbonyl (C=O) groups is 2. The van der Waals surface area contributed by atoms with E-state index >= 15 is 0 Å². The number of ether oxygens (including phenoxy) is 1. The molecule has 0 aliphatic carbocycles. The van der Waals surface area contributed by atoms with E-state index in [4.69, 9.17) is 14.9 Å². The molecule has 0 aliphatic heterocycles. The van der Waals surface area contributed by atoms with Crippen LogP contribution < -0.4 is 0 Å². The Labute approximate surface area is 82.7 Å². The molecule has 0 saturated carbocycles. The topological polar surface area (TPSA) is 83.8 Å². The highest BCUT2D eigenvalue weighted by molar-refractivity contribution is 5.80. The number of aliphatic hydroxyl groups excluding tert-OH is 1. The number of aliphatic hydroxyl groups is 1. The number of hydrogen-bond donors (Lipinski definition) is 2.